The highest BCUT2D eigenvalue weighted by atomic mass is 19.1. The fourth-order valence-electron chi connectivity index (χ4n) is 2.69. The molecule has 0 amide bonds. The summed E-state index contributed by atoms with van der Waals surface area (Å²) in [6.45, 7) is 4.01. The molecule has 1 aliphatic rings. The van der Waals surface area contributed by atoms with Crippen LogP contribution in [-0.4, -0.2) is 12.1 Å². The first-order valence-corrected chi connectivity index (χ1v) is 6.03. The van der Waals surface area contributed by atoms with Gasteiger partial charge in [-0.15, -0.1) is 0 Å². The van der Waals surface area contributed by atoms with Gasteiger partial charge in [-0.2, -0.15) is 0 Å². The van der Waals surface area contributed by atoms with Crippen molar-refractivity contribution in [3.63, 3.8) is 0 Å². The van der Waals surface area contributed by atoms with Gasteiger partial charge in [0.1, 0.15) is 5.69 Å². The third-order valence-corrected chi connectivity index (χ3v) is 3.49. The number of nitrogens with two attached hydrogens (primary N) is 1. The average Bonchev–Trinajstić information content (AvgIpc) is 2.21. The molecule has 0 aromatic heterocycles. The predicted molar refractivity (Wildman–Crippen MR) is 66.0 cm³/mol. The Morgan fingerprint density at radius 1 is 1.12 bits per heavy atom. The molecule has 2 unspecified atom stereocenters. The molecule has 0 radical (unpaired) electrons. The predicted octanol–water partition coefficient (Wildman–Crippen LogP) is 3.31. The maximum absolute atomic E-state index is 13.9. The quantitative estimate of drug-likeness (QED) is 0.763. The van der Waals surface area contributed by atoms with Crippen molar-refractivity contribution >= 4 is 11.4 Å². The lowest BCUT2D eigenvalue weighted by molar-refractivity contribution is 0.401. The number of benzene rings is 1. The van der Waals surface area contributed by atoms with Gasteiger partial charge in [0, 0.05) is 17.8 Å². The molecular formula is C13H18F2N2. The maximum atomic E-state index is 13.9. The normalized spacial score (nSPS) is 25.1. The summed E-state index contributed by atoms with van der Waals surface area (Å²) in [6, 6.07) is 2.69. The summed E-state index contributed by atoms with van der Waals surface area (Å²) < 4.78 is 27.8. The number of nitrogens with zero attached hydrogens (tertiary/aromatic N) is 1. The Labute approximate surface area is 100 Å². The molecule has 4 heteroatoms. The summed E-state index contributed by atoms with van der Waals surface area (Å²) in [7, 11) is 0. The van der Waals surface area contributed by atoms with Crippen LogP contribution in [0.25, 0.3) is 0 Å². The summed E-state index contributed by atoms with van der Waals surface area (Å²) >= 11 is 0. The van der Waals surface area contributed by atoms with Gasteiger partial charge < -0.3 is 10.6 Å². The van der Waals surface area contributed by atoms with Crippen LogP contribution in [0, 0.1) is 11.6 Å². The third-order valence-electron chi connectivity index (χ3n) is 3.49. The van der Waals surface area contributed by atoms with E-state index in [9.17, 15) is 8.78 Å². The minimum absolute atomic E-state index is 0.0684. The van der Waals surface area contributed by atoms with Gasteiger partial charge in [0.05, 0.1) is 0 Å². The summed E-state index contributed by atoms with van der Waals surface area (Å²) in [4.78, 5) is 1.84. The molecule has 1 fully saturated rings. The Kier molecular flexibility index (Phi) is 3.22. The zero-order valence-electron chi connectivity index (χ0n) is 10.2. The molecule has 1 heterocycles. The zero-order chi connectivity index (χ0) is 12.6. The number of anilines is 2. The largest absolute Gasteiger partial charge is 0.399 e. The van der Waals surface area contributed by atoms with Gasteiger partial charge in [-0.1, -0.05) is 0 Å². The van der Waals surface area contributed by atoms with Crippen LogP contribution < -0.4 is 10.6 Å². The van der Waals surface area contributed by atoms with Gasteiger partial charge >= 0.3 is 0 Å². The van der Waals surface area contributed by atoms with E-state index in [1.165, 1.54) is 12.1 Å². The summed E-state index contributed by atoms with van der Waals surface area (Å²) in [5.41, 5.74) is 5.62. The van der Waals surface area contributed by atoms with Crippen molar-refractivity contribution in [3.05, 3.63) is 23.8 Å². The van der Waals surface area contributed by atoms with E-state index in [0.717, 1.165) is 19.3 Å². The molecule has 1 aliphatic heterocycles. The molecule has 0 spiro atoms. The molecule has 94 valence electrons. The highest BCUT2D eigenvalue weighted by Gasteiger charge is 2.29. The number of halogens is 2. The van der Waals surface area contributed by atoms with E-state index in [0.29, 0.717) is 0 Å². The van der Waals surface area contributed by atoms with Gasteiger partial charge in [-0.05, 0) is 45.2 Å². The van der Waals surface area contributed by atoms with Crippen LogP contribution in [0.1, 0.15) is 33.1 Å². The van der Waals surface area contributed by atoms with Gasteiger partial charge in [-0.3, -0.25) is 0 Å². The van der Waals surface area contributed by atoms with Gasteiger partial charge in [0.15, 0.2) is 11.6 Å². The number of piperidine rings is 1. The first kappa shape index (κ1) is 12.1. The molecule has 1 aromatic rings. The second kappa shape index (κ2) is 4.51. The second-order valence-electron chi connectivity index (χ2n) is 4.87. The SMILES string of the molecule is CC1CCCC(C)N1c1c(F)cc(N)cc1F. The Hall–Kier alpha value is -1.32. The van der Waals surface area contributed by atoms with Crippen molar-refractivity contribution in [1.29, 1.82) is 0 Å². The molecule has 1 saturated heterocycles. The Morgan fingerprint density at radius 2 is 1.59 bits per heavy atom. The molecular weight excluding hydrogens is 222 g/mol. The Morgan fingerprint density at radius 3 is 2.06 bits per heavy atom. The highest BCUT2D eigenvalue weighted by Crippen LogP contribution is 2.34. The van der Waals surface area contributed by atoms with E-state index in [2.05, 4.69) is 0 Å². The van der Waals surface area contributed by atoms with Crippen molar-refractivity contribution in [3.8, 4) is 0 Å². The number of hydrogen-bond donors (Lipinski definition) is 1. The van der Waals surface area contributed by atoms with E-state index in [1.807, 2.05) is 18.7 Å². The third kappa shape index (κ3) is 2.21. The smallest absolute Gasteiger partial charge is 0.151 e. The minimum Gasteiger partial charge on any atom is -0.399 e. The molecule has 2 rings (SSSR count). The first-order chi connectivity index (χ1) is 8.00. The van der Waals surface area contributed by atoms with Gasteiger partial charge in [0.2, 0.25) is 0 Å². The van der Waals surface area contributed by atoms with Crippen LogP contribution >= 0.6 is 0 Å². The lowest BCUT2D eigenvalue weighted by Gasteiger charge is -2.41. The summed E-state index contributed by atoms with van der Waals surface area (Å²) in [6.07, 6.45) is 3.04. The van der Waals surface area contributed by atoms with E-state index in [-0.39, 0.29) is 23.5 Å². The van der Waals surface area contributed by atoms with Crippen molar-refractivity contribution < 1.29 is 8.78 Å². The minimum atomic E-state index is -0.567. The highest BCUT2D eigenvalue weighted by molar-refractivity contribution is 5.57. The fourth-order valence-corrected chi connectivity index (χ4v) is 2.69. The molecule has 2 atom stereocenters. The molecule has 0 bridgehead atoms. The topological polar surface area (TPSA) is 29.3 Å². The van der Waals surface area contributed by atoms with Crippen molar-refractivity contribution in [2.24, 2.45) is 0 Å². The lowest BCUT2D eigenvalue weighted by Crippen LogP contribution is -2.44. The standard InChI is InChI=1S/C13H18F2N2/c1-8-4-3-5-9(2)17(8)13-11(14)6-10(16)7-12(13)15/h6-9H,3-5,16H2,1-2H3. The lowest BCUT2D eigenvalue weighted by atomic mass is 9.96. The second-order valence-corrected chi connectivity index (χ2v) is 4.87. The fraction of sp³-hybridized carbons (Fsp3) is 0.538. The molecule has 2 N–H and O–H groups in total. The number of nitrogen functional groups attached to an aromatic ring is 1. The van der Waals surface area contributed by atoms with E-state index >= 15 is 0 Å². The Balaban J connectivity index is 2.44. The van der Waals surface area contributed by atoms with E-state index < -0.39 is 11.6 Å². The van der Waals surface area contributed by atoms with Crippen LogP contribution in [0.2, 0.25) is 0 Å². The Bertz CT molecular complexity index is 387. The molecule has 0 saturated carbocycles. The van der Waals surface area contributed by atoms with Crippen molar-refractivity contribution in [2.75, 3.05) is 10.6 Å². The average molecular weight is 240 g/mol. The molecule has 17 heavy (non-hydrogen) atoms. The first-order valence-electron chi connectivity index (χ1n) is 6.03. The van der Waals surface area contributed by atoms with Gasteiger partial charge in [-0.25, -0.2) is 8.78 Å². The van der Waals surface area contributed by atoms with Crippen LogP contribution in [0.15, 0.2) is 12.1 Å². The van der Waals surface area contributed by atoms with Crippen LogP contribution in [0.5, 0.6) is 0 Å². The van der Waals surface area contributed by atoms with Gasteiger partial charge in [0.25, 0.3) is 0 Å². The van der Waals surface area contributed by atoms with Crippen LogP contribution in [0.4, 0.5) is 20.2 Å². The summed E-state index contributed by atoms with van der Waals surface area (Å²) in [5, 5.41) is 0. The zero-order valence-corrected chi connectivity index (χ0v) is 10.2. The number of rotatable bonds is 1. The molecule has 2 nitrogen and oxygen atoms in total. The van der Waals surface area contributed by atoms with Crippen LogP contribution in [0.3, 0.4) is 0 Å². The molecule has 1 aromatic carbocycles. The van der Waals surface area contributed by atoms with Crippen molar-refractivity contribution in [1.82, 2.24) is 0 Å². The van der Waals surface area contributed by atoms with E-state index in [1.54, 1.807) is 0 Å². The van der Waals surface area contributed by atoms with Crippen molar-refractivity contribution in [2.45, 2.75) is 45.2 Å². The van der Waals surface area contributed by atoms with Crippen LogP contribution in [-0.2, 0) is 0 Å². The number of hydrogen-bond acceptors (Lipinski definition) is 2. The summed E-state index contributed by atoms with van der Waals surface area (Å²) in [5.74, 6) is -1.13. The monoisotopic (exact) mass is 240 g/mol. The van der Waals surface area contributed by atoms with E-state index in [4.69, 9.17) is 5.73 Å². The molecule has 0 aliphatic carbocycles. The maximum Gasteiger partial charge on any atom is 0.151 e.